The molecule has 2 aromatic rings. The Morgan fingerprint density at radius 1 is 1.22 bits per heavy atom. The van der Waals surface area contributed by atoms with E-state index in [1.807, 2.05) is 45.0 Å². The van der Waals surface area contributed by atoms with Crippen LogP contribution >= 0.6 is 11.6 Å². The summed E-state index contributed by atoms with van der Waals surface area (Å²) < 4.78 is 0. The summed E-state index contributed by atoms with van der Waals surface area (Å²) in [6.07, 6.45) is 3.77. The van der Waals surface area contributed by atoms with Gasteiger partial charge in [0.25, 0.3) is 5.91 Å². The number of nitrogens with one attached hydrogen (secondary N) is 2. The van der Waals surface area contributed by atoms with Crippen LogP contribution in [0, 0.1) is 0 Å². The fourth-order valence-corrected chi connectivity index (χ4v) is 2.17. The van der Waals surface area contributed by atoms with E-state index >= 15 is 0 Å². The predicted octanol–water partition coefficient (Wildman–Crippen LogP) is 3.31. The summed E-state index contributed by atoms with van der Waals surface area (Å²) in [7, 11) is 0. The number of rotatable bonds is 5. The van der Waals surface area contributed by atoms with Crippen LogP contribution in [-0.2, 0) is 6.42 Å². The molecule has 0 unspecified atom stereocenters. The lowest BCUT2D eigenvalue weighted by molar-refractivity contribution is 0.0953. The molecule has 23 heavy (non-hydrogen) atoms. The first-order chi connectivity index (χ1) is 10.8. The molecule has 0 bridgehead atoms. The van der Waals surface area contributed by atoms with Gasteiger partial charge in [0.1, 0.15) is 0 Å². The van der Waals surface area contributed by atoms with Crippen LogP contribution in [-0.4, -0.2) is 28.0 Å². The minimum absolute atomic E-state index is 0.124. The molecule has 0 saturated heterocycles. The molecule has 1 aromatic heterocycles. The molecule has 5 nitrogen and oxygen atoms in total. The number of aromatic nitrogens is 2. The summed E-state index contributed by atoms with van der Waals surface area (Å²) in [5.41, 5.74) is 1.40. The zero-order valence-corrected chi connectivity index (χ0v) is 14.3. The fourth-order valence-electron chi connectivity index (χ4n) is 1.96. The average molecular weight is 333 g/mol. The van der Waals surface area contributed by atoms with Gasteiger partial charge in [-0.15, -0.1) is 0 Å². The smallest absolute Gasteiger partial charge is 0.254 e. The zero-order chi connectivity index (χ0) is 16.9. The first kappa shape index (κ1) is 17.2. The lowest BCUT2D eigenvalue weighted by Crippen LogP contribution is -2.28. The zero-order valence-electron chi connectivity index (χ0n) is 13.6. The van der Waals surface area contributed by atoms with E-state index in [-0.39, 0.29) is 11.4 Å². The van der Waals surface area contributed by atoms with E-state index in [2.05, 4.69) is 20.6 Å². The molecule has 0 aliphatic heterocycles. The number of hydrogen-bond donors (Lipinski definition) is 2. The Morgan fingerprint density at radius 2 is 1.91 bits per heavy atom. The third-order valence-corrected chi connectivity index (χ3v) is 3.22. The van der Waals surface area contributed by atoms with E-state index in [4.69, 9.17) is 11.6 Å². The van der Waals surface area contributed by atoms with Gasteiger partial charge in [0, 0.05) is 29.5 Å². The molecular weight excluding hydrogens is 312 g/mol. The van der Waals surface area contributed by atoms with Crippen LogP contribution in [0.5, 0.6) is 0 Å². The minimum atomic E-state index is -0.186. The van der Waals surface area contributed by atoms with Crippen molar-refractivity contribution in [2.75, 3.05) is 11.9 Å². The van der Waals surface area contributed by atoms with Gasteiger partial charge in [0.05, 0.1) is 5.56 Å². The van der Waals surface area contributed by atoms with Gasteiger partial charge in [-0.05, 0) is 44.9 Å². The molecule has 0 aliphatic carbocycles. The largest absolute Gasteiger partial charge is 0.352 e. The summed E-state index contributed by atoms with van der Waals surface area (Å²) in [5, 5.41) is 6.70. The molecule has 6 heteroatoms. The molecule has 0 aliphatic rings. The summed E-state index contributed by atoms with van der Waals surface area (Å²) in [6.45, 7) is 6.59. The summed E-state index contributed by atoms with van der Waals surface area (Å²) in [6, 6.07) is 7.60. The van der Waals surface area contributed by atoms with Gasteiger partial charge in [-0.25, -0.2) is 9.97 Å². The number of benzene rings is 1. The molecule has 2 rings (SSSR count). The molecule has 1 heterocycles. The number of nitrogens with zero attached hydrogens (tertiary/aromatic N) is 2. The van der Waals surface area contributed by atoms with Crippen LogP contribution in [0.15, 0.2) is 36.7 Å². The van der Waals surface area contributed by atoms with Gasteiger partial charge in [0.2, 0.25) is 5.95 Å². The van der Waals surface area contributed by atoms with Crippen molar-refractivity contribution in [3.05, 3.63) is 52.8 Å². The van der Waals surface area contributed by atoms with Gasteiger partial charge in [0.15, 0.2) is 0 Å². The Kier molecular flexibility index (Phi) is 5.55. The Balaban J connectivity index is 1.86. The molecule has 0 radical (unpaired) electrons. The van der Waals surface area contributed by atoms with Crippen molar-refractivity contribution >= 4 is 23.5 Å². The summed E-state index contributed by atoms with van der Waals surface area (Å²) >= 11 is 5.93. The van der Waals surface area contributed by atoms with Crippen LogP contribution in [0.2, 0.25) is 5.02 Å². The van der Waals surface area contributed by atoms with Crippen molar-refractivity contribution < 1.29 is 4.79 Å². The second-order valence-corrected chi connectivity index (χ2v) is 6.74. The van der Waals surface area contributed by atoms with Crippen molar-refractivity contribution in [2.24, 2.45) is 0 Å². The third-order valence-electron chi connectivity index (χ3n) is 2.99. The predicted molar refractivity (Wildman–Crippen MR) is 92.9 cm³/mol. The second kappa shape index (κ2) is 7.42. The van der Waals surface area contributed by atoms with Crippen molar-refractivity contribution in [3.63, 3.8) is 0 Å². The van der Waals surface area contributed by atoms with Gasteiger partial charge >= 0.3 is 0 Å². The average Bonchev–Trinajstić information content (AvgIpc) is 2.46. The Bertz CT molecular complexity index is 665. The second-order valence-electron chi connectivity index (χ2n) is 6.31. The third kappa shape index (κ3) is 5.87. The maximum absolute atomic E-state index is 12.1. The highest BCUT2D eigenvalue weighted by Gasteiger charge is 2.12. The van der Waals surface area contributed by atoms with Gasteiger partial charge in [-0.3, -0.25) is 4.79 Å². The fraction of sp³-hybridized carbons (Fsp3) is 0.353. The van der Waals surface area contributed by atoms with Crippen molar-refractivity contribution in [3.8, 4) is 0 Å². The highest BCUT2D eigenvalue weighted by molar-refractivity contribution is 6.30. The Labute approximate surface area is 141 Å². The SMILES string of the molecule is CC(C)(C)Nc1ncc(C(=O)NCCc2cccc(Cl)c2)cn1. The summed E-state index contributed by atoms with van der Waals surface area (Å²) in [5.74, 6) is 0.322. The number of carbonyl (C=O) groups is 1. The molecule has 1 amide bonds. The first-order valence-corrected chi connectivity index (χ1v) is 7.84. The number of hydrogen-bond acceptors (Lipinski definition) is 4. The lowest BCUT2D eigenvalue weighted by Gasteiger charge is -2.20. The van der Waals surface area contributed by atoms with Crippen molar-refractivity contribution in [2.45, 2.75) is 32.7 Å². The molecule has 0 spiro atoms. The van der Waals surface area contributed by atoms with Gasteiger partial charge in [-0.2, -0.15) is 0 Å². The van der Waals surface area contributed by atoms with E-state index in [0.717, 1.165) is 12.0 Å². The Hall–Kier alpha value is -2.14. The minimum Gasteiger partial charge on any atom is -0.352 e. The molecule has 0 saturated carbocycles. The van der Waals surface area contributed by atoms with E-state index < -0.39 is 0 Å². The highest BCUT2D eigenvalue weighted by Crippen LogP contribution is 2.11. The number of amides is 1. The van der Waals surface area contributed by atoms with E-state index in [9.17, 15) is 4.79 Å². The van der Waals surface area contributed by atoms with Crippen LogP contribution < -0.4 is 10.6 Å². The maximum atomic E-state index is 12.1. The lowest BCUT2D eigenvalue weighted by atomic mass is 10.1. The van der Waals surface area contributed by atoms with Crippen LogP contribution in [0.3, 0.4) is 0 Å². The standard InChI is InChI=1S/C17H21ClN4O/c1-17(2,3)22-16-20-10-13(11-21-16)15(23)19-8-7-12-5-4-6-14(18)9-12/h4-6,9-11H,7-8H2,1-3H3,(H,19,23)(H,20,21,22). The number of anilines is 1. The Morgan fingerprint density at radius 3 is 2.52 bits per heavy atom. The number of carbonyl (C=O) groups excluding carboxylic acids is 1. The number of halogens is 1. The van der Waals surface area contributed by atoms with Crippen LogP contribution in [0.1, 0.15) is 36.7 Å². The monoisotopic (exact) mass is 332 g/mol. The van der Waals surface area contributed by atoms with Crippen LogP contribution in [0.4, 0.5) is 5.95 Å². The van der Waals surface area contributed by atoms with E-state index in [1.54, 1.807) is 0 Å². The molecule has 0 fully saturated rings. The molecule has 1 aromatic carbocycles. The van der Waals surface area contributed by atoms with Crippen LogP contribution in [0.25, 0.3) is 0 Å². The highest BCUT2D eigenvalue weighted by atomic mass is 35.5. The van der Waals surface area contributed by atoms with E-state index in [1.165, 1.54) is 12.4 Å². The normalized spacial score (nSPS) is 11.1. The molecule has 2 N–H and O–H groups in total. The molecular formula is C17H21ClN4O. The van der Waals surface area contributed by atoms with Gasteiger partial charge < -0.3 is 10.6 Å². The van der Waals surface area contributed by atoms with E-state index in [0.29, 0.717) is 23.1 Å². The topological polar surface area (TPSA) is 66.9 Å². The van der Waals surface area contributed by atoms with Crippen molar-refractivity contribution in [1.82, 2.24) is 15.3 Å². The first-order valence-electron chi connectivity index (χ1n) is 7.46. The molecule has 122 valence electrons. The quantitative estimate of drug-likeness (QED) is 0.881. The molecule has 0 atom stereocenters. The summed E-state index contributed by atoms with van der Waals surface area (Å²) in [4.78, 5) is 20.4. The van der Waals surface area contributed by atoms with Crippen molar-refractivity contribution in [1.29, 1.82) is 0 Å². The van der Waals surface area contributed by atoms with Gasteiger partial charge in [-0.1, -0.05) is 23.7 Å². The maximum Gasteiger partial charge on any atom is 0.254 e.